The zero-order valence-corrected chi connectivity index (χ0v) is 11.9. The number of nitrogens with zero attached hydrogens (tertiary/aromatic N) is 4. The van der Waals surface area contributed by atoms with Crippen LogP contribution in [0.2, 0.25) is 0 Å². The van der Waals surface area contributed by atoms with Gasteiger partial charge in [-0.1, -0.05) is 12.1 Å². The van der Waals surface area contributed by atoms with E-state index in [-0.39, 0.29) is 0 Å². The maximum absolute atomic E-state index is 12.0. The molecule has 2 aromatic rings. The smallest absolute Gasteiger partial charge is 0.242 e. The second kappa shape index (κ2) is 5.25. The normalized spacial score (nSPS) is 17.4. The minimum Gasteiger partial charge on any atom is -0.368 e. The van der Waals surface area contributed by atoms with E-state index in [4.69, 9.17) is 5.73 Å². The topological polar surface area (TPSA) is 98.7 Å². The van der Waals surface area contributed by atoms with Crippen LogP contribution < -0.4 is 11.1 Å². The van der Waals surface area contributed by atoms with Crippen LogP contribution in [-0.2, 0) is 10.3 Å². The van der Waals surface area contributed by atoms with Gasteiger partial charge >= 0.3 is 0 Å². The van der Waals surface area contributed by atoms with E-state index in [9.17, 15) is 4.79 Å². The van der Waals surface area contributed by atoms with Crippen molar-refractivity contribution >= 4 is 5.91 Å². The van der Waals surface area contributed by atoms with Gasteiger partial charge in [-0.15, -0.1) is 5.10 Å². The molecule has 1 aliphatic carbocycles. The molecule has 0 aliphatic heterocycles. The summed E-state index contributed by atoms with van der Waals surface area (Å²) in [5, 5.41) is 14.4. The molecule has 0 radical (unpaired) electrons. The van der Waals surface area contributed by atoms with E-state index in [2.05, 4.69) is 20.8 Å². The van der Waals surface area contributed by atoms with Crippen LogP contribution >= 0.6 is 0 Å². The number of rotatable bonds is 6. The molecule has 0 spiro atoms. The lowest BCUT2D eigenvalue weighted by atomic mass is 9.90. The fourth-order valence-electron chi connectivity index (χ4n) is 2.24. The lowest BCUT2D eigenvalue weighted by Gasteiger charge is -2.28. The Morgan fingerprint density at radius 3 is 2.95 bits per heavy atom. The molecule has 7 heteroatoms. The molecule has 1 aromatic carbocycles. The summed E-state index contributed by atoms with van der Waals surface area (Å²) in [7, 11) is 0. The van der Waals surface area contributed by atoms with Gasteiger partial charge in [-0.05, 0) is 60.4 Å². The Hall–Kier alpha value is -2.28. The summed E-state index contributed by atoms with van der Waals surface area (Å²) >= 11 is 0. The molecule has 110 valence electrons. The molecule has 3 N–H and O–H groups in total. The Morgan fingerprint density at radius 1 is 1.52 bits per heavy atom. The number of tetrazole rings is 1. The van der Waals surface area contributed by atoms with Gasteiger partial charge in [0.15, 0.2) is 0 Å². The Bertz CT molecular complexity index is 637. The van der Waals surface area contributed by atoms with Gasteiger partial charge in [0.25, 0.3) is 0 Å². The number of benzene rings is 1. The van der Waals surface area contributed by atoms with E-state index in [1.165, 1.54) is 19.2 Å². The predicted molar refractivity (Wildman–Crippen MR) is 76.4 cm³/mol. The van der Waals surface area contributed by atoms with Crippen molar-refractivity contribution in [2.75, 3.05) is 6.54 Å². The molecule has 0 saturated heterocycles. The minimum atomic E-state index is -0.896. The number of amides is 1. The maximum Gasteiger partial charge on any atom is 0.242 e. The quantitative estimate of drug-likeness (QED) is 0.799. The summed E-state index contributed by atoms with van der Waals surface area (Å²) in [5.41, 5.74) is 6.33. The van der Waals surface area contributed by atoms with Crippen LogP contribution in [0.1, 0.15) is 25.3 Å². The van der Waals surface area contributed by atoms with Crippen LogP contribution in [0.5, 0.6) is 0 Å². The van der Waals surface area contributed by atoms with E-state index in [0.29, 0.717) is 5.92 Å². The summed E-state index contributed by atoms with van der Waals surface area (Å²) in [6, 6.07) is 7.51. The molecule has 7 nitrogen and oxygen atoms in total. The molecular weight excluding hydrogens is 268 g/mol. The number of carbonyl (C=O) groups is 1. The van der Waals surface area contributed by atoms with Gasteiger partial charge in [-0.3, -0.25) is 10.1 Å². The number of primary amides is 1. The molecule has 1 saturated carbocycles. The highest BCUT2D eigenvalue weighted by Crippen LogP contribution is 2.30. The van der Waals surface area contributed by atoms with Crippen LogP contribution in [-0.4, -0.2) is 32.7 Å². The Labute approximate surface area is 122 Å². The molecule has 1 heterocycles. The lowest BCUT2D eigenvalue weighted by Crippen LogP contribution is -2.51. The van der Waals surface area contributed by atoms with Crippen molar-refractivity contribution in [2.24, 2.45) is 11.7 Å². The molecular formula is C14H18N6O. The molecule has 1 fully saturated rings. The number of nitrogens with two attached hydrogens (primary N) is 1. The van der Waals surface area contributed by atoms with Crippen molar-refractivity contribution < 1.29 is 4.79 Å². The van der Waals surface area contributed by atoms with Crippen LogP contribution in [0.15, 0.2) is 30.6 Å². The maximum atomic E-state index is 12.0. The summed E-state index contributed by atoms with van der Waals surface area (Å²) in [4.78, 5) is 12.0. The highest BCUT2D eigenvalue weighted by Gasteiger charge is 2.35. The third kappa shape index (κ3) is 2.78. The predicted octanol–water partition coefficient (Wildman–Crippen LogP) is 0.362. The van der Waals surface area contributed by atoms with E-state index in [0.717, 1.165) is 17.8 Å². The van der Waals surface area contributed by atoms with Crippen molar-refractivity contribution in [3.05, 3.63) is 36.2 Å². The van der Waals surface area contributed by atoms with Crippen molar-refractivity contribution in [3.63, 3.8) is 0 Å². The van der Waals surface area contributed by atoms with Gasteiger partial charge < -0.3 is 5.73 Å². The molecule has 21 heavy (non-hydrogen) atoms. The third-order valence-corrected chi connectivity index (χ3v) is 3.97. The van der Waals surface area contributed by atoms with Crippen molar-refractivity contribution in [2.45, 2.75) is 25.3 Å². The molecule has 1 amide bonds. The van der Waals surface area contributed by atoms with Crippen LogP contribution in [0.4, 0.5) is 0 Å². The molecule has 1 unspecified atom stereocenters. The first-order valence-electron chi connectivity index (χ1n) is 6.98. The van der Waals surface area contributed by atoms with Crippen LogP contribution in [0, 0.1) is 5.92 Å². The number of hydrogen-bond acceptors (Lipinski definition) is 5. The van der Waals surface area contributed by atoms with Crippen molar-refractivity contribution in [1.82, 2.24) is 25.5 Å². The monoisotopic (exact) mass is 286 g/mol. The van der Waals surface area contributed by atoms with Gasteiger partial charge in [-0.25, -0.2) is 4.68 Å². The average molecular weight is 286 g/mol. The van der Waals surface area contributed by atoms with Crippen molar-refractivity contribution in [1.29, 1.82) is 0 Å². The summed E-state index contributed by atoms with van der Waals surface area (Å²) in [6.07, 6.45) is 3.94. The van der Waals surface area contributed by atoms with Crippen LogP contribution in [0.3, 0.4) is 0 Å². The molecule has 3 rings (SSSR count). The first kappa shape index (κ1) is 13.7. The average Bonchev–Trinajstić information content (AvgIpc) is 3.16. The van der Waals surface area contributed by atoms with E-state index >= 15 is 0 Å². The minimum absolute atomic E-state index is 0.392. The standard InChI is InChI=1S/C14H18N6O/c1-14(13(15)21,16-8-10-5-6-10)11-3-2-4-12(7-11)20-9-17-18-19-20/h2-4,7,9-10,16H,5-6,8H2,1H3,(H2,15,21). The number of nitrogens with one attached hydrogen (secondary N) is 1. The summed E-state index contributed by atoms with van der Waals surface area (Å²) in [6.45, 7) is 2.62. The highest BCUT2D eigenvalue weighted by molar-refractivity contribution is 5.85. The fraction of sp³-hybridized carbons (Fsp3) is 0.429. The lowest BCUT2D eigenvalue weighted by molar-refractivity contribution is -0.124. The third-order valence-electron chi connectivity index (χ3n) is 3.97. The van der Waals surface area contributed by atoms with E-state index < -0.39 is 11.4 Å². The van der Waals surface area contributed by atoms with Crippen LogP contribution in [0.25, 0.3) is 5.69 Å². The number of carbonyl (C=O) groups excluding carboxylic acids is 1. The fourth-order valence-corrected chi connectivity index (χ4v) is 2.24. The molecule has 1 aliphatic rings. The van der Waals surface area contributed by atoms with E-state index in [1.807, 2.05) is 31.2 Å². The van der Waals surface area contributed by atoms with E-state index in [1.54, 1.807) is 4.68 Å². The SMILES string of the molecule is CC(NCC1CC1)(C(N)=O)c1cccc(-n2cnnn2)c1. The Balaban J connectivity index is 1.91. The number of hydrogen-bond donors (Lipinski definition) is 2. The van der Waals surface area contributed by atoms with Gasteiger partial charge in [0.05, 0.1) is 5.69 Å². The Kier molecular flexibility index (Phi) is 3.42. The second-order valence-corrected chi connectivity index (χ2v) is 5.62. The second-order valence-electron chi connectivity index (χ2n) is 5.62. The first-order chi connectivity index (χ1) is 10.1. The summed E-state index contributed by atoms with van der Waals surface area (Å²) in [5.74, 6) is 0.267. The van der Waals surface area contributed by atoms with Gasteiger partial charge in [-0.2, -0.15) is 0 Å². The summed E-state index contributed by atoms with van der Waals surface area (Å²) < 4.78 is 1.55. The number of aromatic nitrogens is 4. The molecule has 1 aromatic heterocycles. The zero-order valence-electron chi connectivity index (χ0n) is 11.9. The zero-order chi connectivity index (χ0) is 14.9. The van der Waals surface area contributed by atoms with Gasteiger partial charge in [0.1, 0.15) is 11.9 Å². The van der Waals surface area contributed by atoms with Gasteiger partial charge in [0.2, 0.25) is 5.91 Å². The van der Waals surface area contributed by atoms with Crippen molar-refractivity contribution in [3.8, 4) is 5.69 Å². The largest absolute Gasteiger partial charge is 0.368 e. The molecule has 1 atom stereocenters. The highest BCUT2D eigenvalue weighted by atomic mass is 16.1. The Morgan fingerprint density at radius 2 is 2.33 bits per heavy atom. The molecule has 0 bridgehead atoms. The van der Waals surface area contributed by atoms with Gasteiger partial charge in [0, 0.05) is 0 Å². The first-order valence-corrected chi connectivity index (χ1v) is 6.98.